The predicted molar refractivity (Wildman–Crippen MR) is 112 cm³/mol. The van der Waals surface area contributed by atoms with E-state index in [-0.39, 0.29) is 11.8 Å². The number of aryl methyl sites for hydroxylation is 1. The number of carbonyl (C=O) groups excluding carboxylic acids is 1. The van der Waals surface area contributed by atoms with Gasteiger partial charge in [-0.3, -0.25) is 4.79 Å². The number of hydrogen-bond donors (Lipinski definition) is 1. The highest BCUT2D eigenvalue weighted by molar-refractivity contribution is 5.77. The quantitative estimate of drug-likeness (QED) is 0.634. The summed E-state index contributed by atoms with van der Waals surface area (Å²) >= 11 is 0. The van der Waals surface area contributed by atoms with Crippen LogP contribution in [0.15, 0.2) is 48.8 Å². The maximum Gasteiger partial charge on any atom is 0.221 e. The van der Waals surface area contributed by atoms with Gasteiger partial charge in [0.2, 0.25) is 5.91 Å². The summed E-state index contributed by atoms with van der Waals surface area (Å²) in [6, 6.07) is 12.0. The van der Waals surface area contributed by atoms with Crippen molar-refractivity contribution in [2.24, 2.45) is 5.92 Å². The van der Waals surface area contributed by atoms with Gasteiger partial charge in [0.25, 0.3) is 0 Å². The molecule has 0 aliphatic carbocycles. The van der Waals surface area contributed by atoms with Gasteiger partial charge >= 0.3 is 0 Å². The number of imidazole rings is 1. The molecule has 1 amide bonds. The fourth-order valence-corrected chi connectivity index (χ4v) is 3.37. The van der Waals surface area contributed by atoms with Crippen molar-refractivity contribution >= 4 is 11.6 Å². The van der Waals surface area contributed by atoms with Crippen LogP contribution in [0.25, 0.3) is 5.65 Å². The van der Waals surface area contributed by atoms with Gasteiger partial charge in [-0.15, -0.1) is 0 Å². The number of nitrogens with one attached hydrogen (secondary N) is 1. The largest absolute Gasteiger partial charge is 0.497 e. The molecule has 0 fully saturated rings. The number of carbonyl (C=O) groups is 1. The molecule has 0 saturated heterocycles. The van der Waals surface area contributed by atoms with E-state index in [0.29, 0.717) is 18.9 Å². The zero-order valence-electron chi connectivity index (χ0n) is 17.1. The van der Waals surface area contributed by atoms with Gasteiger partial charge in [0.1, 0.15) is 11.4 Å². The van der Waals surface area contributed by atoms with E-state index in [2.05, 4.69) is 47.6 Å². The van der Waals surface area contributed by atoms with Crippen LogP contribution in [0.2, 0.25) is 0 Å². The number of amides is 1. The molecule has 1 aromatic carbocycles. The number of aromatic nitrogens is 2. The summed E-state index contributed by atoms with van der Waals surface area (Å²) in [7, 11) is 1.66. The van der Waals surface area contributed by atoms with Crippen molar-refractivity contribution in [1.29, 1.82) is 0 Å². The van der Waals surface area contributed by atoms with E-state index < -0.39 is 0 Å². The Morgan fingerprint density at radius 3 is 2.82 bits per heavy atom. The van der Waals surface area contributed by atoms with Gasteiger partial charge in [-0.25, -0.2) is 4.98 Å². The number of fused-ring (bicyclic) bond motifs is 1. The summed E-state index contributed by atoms with van der Waals surface area (Å²) in [5.74, 6) is 1.30. The van der Waals surface area contributed by atoms with Crippen LogP contribution in [0, 0.1) is 12.8 Å². The predicted octanol–water partition coefficient (Wildman–Crippen LogP) is 4.34. The maximum absolute atomic E-state index is 12.7. The Morgan fingerprint density at radius 1 is 1.25 bits per heavy atom. The second-order valence-electron chi connectivity index (χ2n) is 7.68. The van der Waals surface area contributed by atoms with E-state index in [9.17, 15) is 4.79 Å². The number of nitrogens with zero attached hydrogens (tertiary/aromatic N) is 2. The topological polar surface area (TPSA) is 55.6 Å². The molecule has 5 heteroatoms. The van der Waals surface area contributed by atoms with E-state index in [1.807, 2.05) is 36.7 Å². The number of rotatable bonds is 8. The summed E-state index contributed by atoms with van der Waals surface area (Å²) in [6.45, 7) is 7.07. The molecule has 0 saturated carbocycles. The van der Waals surface area contributed by atoms with E-state index in [0.717, 1.165) is 34.6 Å². The fourth-order valence-electron chi connectivity index (χ4n) is 3.37. The lowest BCUT2D eigenvalue weighted by atomic mass is 9.92. The molecule has 1 N–H and O–H groups in total. The SMILES string of the molecule is COc1cccc(C(CC(=O)NCCC(C)C)c2cnc3cc(C)ccn23)c1. The number of benzene rings is 1. The summed E-state index contributed by atoms with van der Waals surface area (Å²) in [4.78, 5) is 17.2. The summed E-state index contributed by atoms with van der Waals surface area (Å²) in [6.07, 6.45) is 5.24. The molecule has 0 aliphatic rings. The third-order valence-electron chi connectivity index (χ3n) is 4.98. The first kappa shape index (κ1) is 19.9. The monoisotopic (exact) mass is 379 g/mol. The molecular formula is C23H29N3O2. The zero-order chi connectivity index (χ0) is 20.1. The van der Waals surface area contributed by atoms with Gasteiger partial charge in [0.05, 0.1) is 12.8 Å². The van der Waals surface area contributed by atoms with Crippen LogP contribution < -0.4 is 10.1 Å². The second kappa shape index (κ2) is 8.91. The molecule has 0 spiro atoms. The lowest BCUT2D eigenvalue weighted by molar-refractivity contribution is -0.121. The Hall–Kier alpha value is -2.82. The lowest BCUT2D eigenvalue weighted by Crippen LogP contribution is -2.27. The van der Waals surface area contributed by atoms with Gasteiger partial charge in [-0.1, -0.05) is 26.0 Å². The van der Waals surface area contributed by atoms with Gasteiger partial charge in [0, 0.05) is 31.3 Å². The summed E-state index contributed by atoms with van der Waals surface area (Å²) in [5, 5.41) is 3.06. The molecule has 5 nitrogen and oxygen atoms in total. The Labute approximate surface area is 166 Å². The molecule has 148 valence electrons. The molecule has 2 heterocycles. The van der Waals surface area contributed by atoms with Gasteiger partial charge < -0.3 is 14.5 Å². The number of pyridine rings is 1. The summed E-state index contributed by atoms with van der Waals surface area (Å²) in [5.41, 5.74) is 4.10. The maximum atomic E-state index is 12.7. The minimum atomic E-state index is -0.105. The number of hydrogen-bond acceptors (Lipinski definition) is 3. The molecule has 0 bridgehead atoms. The van der Waals surface area contributed by atoms with Crippen molar-refractivity contribution in [3.8, 4) is 5.75 Å². The van der Waals surface area contributed by atoms with Crippen molar-refractivity contribution in [2.45, 2.75) is 39.5 Å². The zero-order valence-corrected chi connectivity index (χ0v) is 17.1. The van der Waals surface area contributed by atoms with Gasteiger partial charge in [0.15, 0.2) is 0 Å². The Kier molecular flexibility index (Phi) is 6.34. The van der Waals surface area contributed by atoms with Crippen molar-refractivity contribution in [3.63, 3.8) is 0 Å². The molecule has 1 atom stereocenters. The van der Waals surface area contributed by atoms with Crippen LogP contribution in [0.4, 0.5) is 0 Å². The van der Waals surface area contributed by atoms with Gasteiger partial charge in [-0.2, -0.15) is 0 Å². The average Bonchev–Trinajstić information content (AvgIpc) is 3.08. The van der Waals surface area contributed by atoms with Crippen LogP contribution in [0.3, 0.4) is 0 Å². The molecule has 3 aromatic rings. The molecule has 0 aliphatic heterocycles. The first-order valence-corrected chi connectivity index (χ1v) is 9.82. The van der Waals surface area contributed by atoms with Crippen LogP contribution in [-0.2, 0) is 4.79 Å². The third kappa shape index (κ3) is 4.71. The van der Waals surface area contributed by atoms with Crippen LogP contribution in [0.1, 0.15) is 49.4 Å². The normalized spacial score (nSPS) is 12.3. The standard InChI is InChI=1S/C23H29N3O2/c1-16(2)8-10-24-23(27)14-20(18-6-5-7-19(13-18)28-4)21-15-25-22-12-17(3)9-11-26(21)22/h5-7,9,11-13,15-16,20H,8,10,14H2,1-4H3,(H,24,27). The lowest BCUT2D eigenvalue weighted by Gasteiger charge is -2.18. The molecule has 28 heavy (non-hydrogen) atoms. The molecular weight excluding hydrogens is 350 g/mol. The average molecular weight is 380 g/mol. The number of methoxy groups -OCH3 is 1. The van der Waals surface area contributed by atoms with Crippen LogP contribution >= 0.6 is 0 Å². The van der Waals surface area contributed by atoms with Crippen molar-refractivity contribution < 1.29 is 9.53 Å². The van der Waals surface area contributed by atoms with Crippen molar-refractivity contribution in [3.05, 3.63) is 65.6 Å². The Morgan fingerprint density at radius 2 is 2.07 bits per heavy atom. The highest BCUT2D eigenvalue weighted by Crippen LogP contribution is 2.31. The smallest absolute Gasteiger partial charge is 0.221 e. The minimum Gasteiger partial charge on any atom is -0.497 e. The summed E-state index contributed by atoms with van der Waals surface area (Å²) < 4.78 is 7.47. The van der Waals surface area contributed by atoms with E-state index in [1.165, 1.54) is 0 Å². The fraction of sp³-hybridized carbons (Fsp3) is 0.391. The molecule has 1 unspecified atom stereocenters. The third-order valence-corrected chi connectivity index (χ3v) is 4.98. The minimum absolute atomic E-state index is 0.0514. The molecule has 2 aromatic heterocycles. The Bertz CT molecular complexity index is 946. The van der Waals surface area contributed by atoms with Gasteiger partial charge in [-0.05, 0) is 54.7 Å². The first-order chi connectivity index (χ1) is 13.5. The van der Waals surface area contributed by atoms with E-state index >= 15 is 0 Å². The highest BCUT2D eigenvalue weighted by Gasteiger charge is 2.22. The van der Waals surface area contributed by atoms with Crippen LogP contribution in [-0.4, -0.2) is 28.9 Å². The Balaban J connectivity index is 1.93. The van der Waals surface area contributed by atoms with E-state index in [4.69, 9.17) is 4.74 Å². The van der Waals surface area contributed by atoms with Crippen molar-refractivity contribution in [1.82, 2.24) is 14.7 Å². The molecule has 0 radical (unpaired) electrons. The van der Waals surface area contributed by atoms with Crippen LogP contribution in [0.5, 0.6) is 5.75 Å². The second-order valence-corrected chi connectivity index (χ2v) is 7.68. The van der Waals surface area contributed by atoms with E-state index in [1.54, 1.807) is 7.11 Å². The highest BCUT2D eigenvalue weighted by atomic mass is 16.5. The van der Waals surface area contributed by atoms with Crippen molar-refractivity contribution in [2.75, 3.05) is 13.7 Å². The first-order valence-electron chi connectivity index (χ1n) is 9.82. The number of ether oxygens (including phenoxy) is 1. The molecule has 3 rings (SSSR count).